The smallest absolute Gasteiger partial charge is 0.335 e. The number of H-pyrrole nitrogens is 1. The van der Waals surface area contributed by atoms with Gasteiger partial charge in [0.05, 0.1) is 11.1 Å². The Morgan fingerprint density at radius 2 is 2.11 bits per heavy atom. The Hall–Kier alpha value is -2.89. The number of nitrogens with zero attached hydrogens (tertiary/aromatic N) is 1. The van der Waals surface area contributed by atoms with Crippen LogP contribution in [0.4, 0.5) is 0 Å². The number of carboxylic acid groups (broad SMARTS) is 1. The maximum Gasteiger partial charge on any atom is 0.335 e. The number of aromatic nitrogens is 2. The molecule has 6 nitrogen and oxygen atoms in total. The number of aromatic carboxylic acids is 1. The molecule has 0 aliphatic carbocycles. The maximum atomic E-state index is 11.0. The summed E-state index contributed by atoms with van der Waals surface area (Å²) in [4.78, 5) is 28.6. The van der Waals surface area contributed by atoms with E-state index in [1.165, 1.54) is 24.4 Å². The number of aromatic amines is 1. The zero-order chi connectivity index (χ0) is 13.4. The Balaban J connectivity index is 2.13. The summed E-state index contributed by atoms with van der Waals surface area (Å²) in [5, 5.41) is 8.90. The molecule has 0 aliphatic rings. The SMILES string of the molecule is O=C(O)c1ccc2oc(-c3ccc(=O)[nH]c3)nc2c1. The molecule has 0 saturated heterocycles. The third-order valence-electron chi connectivity index (χ3n) is 2.67. The van der Waals surface area contributed by atoms with E-state index in [9.17, 15) is 9.59 Å². The number of nitrogens with one attached hydrogen (secondary N) is 1. The molecular weight excluding hydrogens is 248 g/mol. The molecule has 0 atom stereocenters. The first kappa shape index (κ1) is 11.2. The van der Waals surface area contributed by atoms with Crippen molar-refractivity contribution >= 4 is 17.1 Å². The van der Waals surface area contributed by atoms with Crippen molar-refractivity contribution in [2.45, 2.75) is 0 Å². The zero-order valence-corrected chi connectivity index (χ0v) is 9.58. The minimum Gasteiger partial charge on any atom is -0.478 e. The molecule has 0 unspecified atom stereocenters. The summed E-state index contributed by atoms with van der Waals surface area (Å²) < 4.78 is 5.50. The van der Waals surface area contributed by atoms with Gasteiger partial charge in [-0.1, -0.05) is 0 Å². The van der Waals surface area contributed by atoms with Gasteiger partial charge in [-0.05, 0) is 24.3 Å². The summed E-state index contributed by atoms with van der Waals surface area (Å²) in [5.41, 5.74) is 1.50. The second-order valence-corrected chi connectivity index (χ2v) is 3.95. The lowest BCUT2D eigenvalue weighted by molar-refractivity contribution is 0.0697. The molecule has 0 fully saturated rings. The Bertz CT molecular complexity index is 812. The molecule has 0 bridgehead atoms. The number of rotatable bonds is 2. The summed E-state index contributed by atoms with van der Waals surface area (Å²) >= 11 is 0. The van der Waals surface area contributed by atoms with Crippen molar-refractivity contribution in [3.63, 3.8) is 0 Å². The molecule has 0 spiro atoms. The van der Waals surface area contributed by atoms with Gasteiger partial charge in [0.1, 0.15) is 5.52 Å². The van der Waals surface area contributed by atoms with Crippen molar-refractivity contribution in [2.75, 3.05) is 0 Å². The number of fused-ring (bicyclic) bond motifs is 1. The molecule has 0 aliphatic heterocycles. The maximum absolute atomic E-state index is 11.0. The van der Waals surface area contributed by atoms with Crippen LogP contribution in [-0.4, -0.2) is 21.0 Å². The topological polar surface area (TPSA) is 96.2 Å². The van der Waals surface area contributed by atoms with Crippen LogP contribution in [0.3, 0.4) is 0 Å². The van der Waals surface area contributed by atoms with Gasteiger partial charge in [-0.15, -0.1) is 0 Å². The average Bonchev–Trinajstić information content (AvgIpc) is 2.82. The number of benzene rings is 1. The van der Waals surface area contributed by atoms with Gasteiger partial charge in [-0.25, -0.2) is 9.78 Å². The highest BCUT2D eigenvalue weighted by molar-refractivity contribution is 5.92. The molecule has 0 amide bonds. The minimum atomic E-state index is -1.02. The number of pyridine rings is 1. The van der Waals surface area contributed by atoms with Crippen LogP contribution in [0.25, 0.3) is 22.6 Å². The standard InChI is InChI=1S/C13H8N2O4/c16-11-4-2-8(6-14-11)12-15-9-5-7(13(17)18)1-3-10(9)19-12/h1-6H,(H,14,16)(H,17,18). The van der Waals surface area contributed by atoms with Crippen LogP contribution in [0.2, 0.25) is 0 Å². The number of carboxylic acids is 1. The lowest BCUT2D eigenvalue weighted by Crippen LogP contribution is -2.01. The number of oxazole rings is 1. The molecule has 19 heavy (non-hydrogen) atoms. The largest absolute Gasteiger partial charge is 0.478 e. The van der Waals surface area contributed by atoms with Gasteiger partial charge in [0, 0.05) is 12.3 Å². The van der Waals surface area contributed by atoms with Gasteiger partial charge in [0.2, 0.25) is 11.4 Å². The summed E-state index contributed by atoms with van der Waals surface area (Å²) in [6, 6.07) is 7.40. The lowest BCUT2D eigenvalue weighted by atomic mass is 10.2. The zero-order valence-electron chi connectivity index (χ0n) is 9.58. The van der Waals surface area contributed by atoms with Crippen LogP contribution in [0, 0.1) is 0 Å². The summed E-state index contributed by atoms with van der Waals surface area (Å²) in [5.74, 6) is -0.690. The van der Waals surface area contributed by atoms with E-state index in [0.29, 0.717) is 22.6 Å². The predicted octanol–water partition coefficient (Wildman–Crippen LogP) is 1.88. The van der Waals surface area contributed by atoms with Crippen molar-refractivity contribution in [3.8, 4) is 11.5 Å². The first-order valence-electron chi connectivity index (χ1n) is 5.46. The van der Waals surface area contributed by atoms with Crippen molar-refractivity contribution in [1.29, 1.82) is 0 Å². The molecular formula is C13H8N2O4. The quantitative estimate of drug-likeness (QED) is 0.729. The van der Waals surface area contributed by atoms with Gasteiger partial charge in [0.25, 0.3) is 0 Å². The van der Waals surface area contributed by atoms with Crippen LogP contribution in [0.1, 0.15) is 10.4 Å². The highest BCUT2D eigenvalue weighted by atomic mass is 16.4. The van der Waals surface area contributed by atoms with Gasteiger partial charge >= 0.3 is 5.97 Å². The summed E-state index contributed by atoms with van der Waals surface area (Å²) in [6.07, 6.45) is 1.49. The van der Waals surface area contributed by atoms with E-state index < -0.39 is 5.97 Å². The molecule has 0 saturated carbocycles. The molecule has 0 radical (unpaired) electrons. The second-order valence-electron chi connectivity index (χ2n) is 3.95. The van der Waals surface area contributed by atoms with Crippen molar-refractivity contribution in [2.24, 2.45) is 0 Å². The molecule has 6 heteroatoms. The number of hydrogen-bond acceptors (Lipinski definition) is 4. The van der Waals surface area contributed by atoms with Crippen LogP contribution >= 0.6 is 0 Å². The highest BCUT2D eigenvalue weighted by Crippen LogP contribution is 2.23. The number of hydrogen-bond donors (Lipinski definition) is 2. The first-order chi connectivity index (χ1) is 9.13. The fourth-order valence-corrected chi connectivity index (χ4v) is 1.73. The molecule has 1 aromatic carbocycles. The fourth-order valence-electron chi connectivity index (χ4n) is 1.73. The first-order valence-corrected chi connectivity index (χ1v) is 5.46. The van der Waals surface area contributed by atoms with E-state index >= 15 is 0 Å². The minimum absolute atomic E-state index is 0.147. The van der Waals surface area contributed by atoms with Crippen molar-refractivity contribution < 1.29 is 14.3 Å². The van der Waals surface area contributed by atoms with Crippen LogP contribution in [-0.2, 0) is 0 Å². The van der Waals surface area contributed by atoms with E-state index in [-0.39, 0.29) is 11.1 Å². The van der Waals surface area contributed by atoms with Gasteiger partial charge in [-0.3, -0.25) is 4.79 Å². The Morgan fingerprint density at radius 3 is 2.79 bits per heavy atom. The lowest BCUT2D eigenvalue weighted by Gasteiger charge is -1.91. The third-order valence-corrected chi connectivity index (χ3v) is 2.67. The molecule has 2 aromatic heterocycles. The Morgan fingerprint density at radius 1 is 1.26 bits per heavy atom. The predicted molar refractivity (Wildman–Crippen MR) is 67.0 cm³/mol. The Kier molecular flexibility index (Phi) is 2.42. The van der Waals surface area contributed by atoms with Gasteiger partial charge < -0.3 is 14.5 Å². The fraction of sp³-hybridized carbons (Fsp3) is 0. The Labute approximate surface area is 106 Å². The van der Waals surface area contributed by atoms with E-state index in [1.807, 2.05) is 0 Å². The third kappa shape index (κ3) is 1.99. The van der Waals surface area contributed by atoms with Gasteiger partial charge in [-0.2, -0.15) is 0 Å². The summed E-state index contributed by atoms with van der Waals surface area (Å²) in [7, 11) is 0. The van der Waals surface area contributed by atoms with E-state index in [0.717, 1.165) is 0 Å². The highest BCUT2D eigenvalue weighted by Gasteiger charge is 2.11. The van der Waals surface area contributed by atoms with Crippen molar-refractivity contribution in [3.05, 3.63) is 52.4 Å². The normalized spacial score (nSPS) is 10.7. The van der Waals surface area contributed by atoms with Gasteiger partial charge in [0.15, 0.2) is 5.58 Å². The second kappa shape index (κ2) is 4.09. The molecule has 2 heterocycles. The van der Waals surface area contributed by atoms with Crippen LogP contribution in [0.15, 0.2) is 45.7 Å². The molecule has 3 aromatic rings. The number of carbonyl (C=O) groups is 1. The van der Waals surface area contributed by atoms with Crippen LogP contribution < -0.4 is 5.56 Å². The van der Waals surface area contributed by atoms with E-state index in [4.69, 9.17) is 9.52 Å². The summed E-state index contributed by atoms with van der Waals surface area (Å²) in [6.45, 7) is 0. The van der Waals surface area contributed by atoms with E-state index in [2.05, 4.69) is 9.97 Å². The average molecular weight is 256 g/mol. The van der Waals surface area contributed by atoms with Crippen molar-refractivity contribution in [1.82, 2.24) is 9.97 Å². The van der Waals surface area contributed by atoms with E-state index in [1.54, 1.807) is 12.1 Å². The molecule has 2 N–H and O–H groups in total. The molecule has 3 rings (SSSR count). The van der Waals surface area contributed by atoms with Crippen LogP contribution in [0.5, 0.6) is 0 Å². The molecule has 94 valence electrons. The monoisotopic (exact) mass is 256 g/mol.